The molecule has 0 aliphatic carbocycles. The molecule has 0 aromatic heterocycles. The van der Waals surface area contributed by atoms with Crippen LogP contribution in [-0.4, -0.2) is 54.0 Å². The molecule has 1 saturated heterocycles. The summed E-state index contributed by atoms with van der Waals surface area (Å²) in [5.74, 6) is -0.463. The molecule has 0 bridgehead atoms. The summed E-state index contributed by atoms with van der Waals surface area (Å²) in [5, 5.41) is 0. The van der Waals surface area contributed by atoms with Crippen molar-refractivity contribution < 1.29 is 14.3 Å². The summed E-state index contributed by atoms with van der Waals surface area (Å²) in [4.78, 5) is 29.4. The van der Waals surface area contributed by atoms with E-state index in [-0.39, 0.29) is 5.91 Å². The van der Waals surface area contributed by atoms with Gasteiger partial charge in [0.1, 0.15) is 0 Å². The van der Waals surface area contributed by atoms with Crippen LogP contribution in [0.3, 0.4) is 0 Å². The van der Waals surface area contributed by atoms with E-state index in [0.717, 1.165) is 31.6 Å². The third-order valence-corrected chi connectivity index (χ3v) is 5.32. The first-order valence-electron chi connectivity index (χ1n) is 9.54. The lowest BCUT2D eigenvalue weighted by molar-refractivity contribution is -0.141. The van der Waals surface area contributed by atoms with Crippen LogP contribution in [0.4, 0.5) is 0 Å². The minimum Gasteiger partial charge on any atom is -0.448 e. The minimum atomic E-state index is -0.701. The lowest BCUT2D eigenvalue weighted by Gasteiger charge is -2.29. The van der Waals surface area contributed by atoms with Gasteiger partial charge in [0.2, 0.25) is 0 Å². The molecule has 2 heterocycles. The summed E-state index contributed by atoms with van der Waals surface area (Å²) in [6, 6.07) is 17.8. The normalized spacial score (nSPS) is 20.5. The number of cyclic esters (lactones) is 1. The van der Waals surface area contributed by atoms with E-state index >= 15 is 0 Å². The summed E-state index contributed by atoms with van der Waals surface area (Å²) in [6.45, 7) is 4.07. The van der Waals surface area contributed by atoms with Crippen LogP contribution in [0.15, 0.2) is 54.6 Å². The predicted molar refractivity (Wildman–Crippen MR) is 102 cm³/mol. The Morgan fingerprint density at radius 2 is 1.74 bits per heavy atom. The largest absolute Gasteiger partial charge is 0.448 e. The molecular weight excluding hydrogens is 340 g/mol. The van der Waals surface area contributed by atoms with Crippen molar-refractivity contribution >= 4 is 11.9 Å². The van der Waals surface area contributed by atoms with Crippen LogP contribution in [0, 0.1) is 0 Å². The van der Waals surface area contributed by atoms with Crippen molar-refractivity contribution in [2.75, 3.05) is 26.2 Å². The van der Waals surface area contributed by atoms with Gasteiger partial charge in [0.25, 0.3) is 5.91 Å². The zero-order valence-corrected chi connectivity index (χ0v) is 15.3. The van der Waals surface area contributed by atoms with Gasteiger partial charge in [0.15, 0.2) is 6.10 Å². The van der Waals surface area contributed by atoms with Crippen molar-refractivity contribution in [2.24, 2.45) is 0 Å². The number of carbonyl (C=O) groups excluding carboxylic acids is 2. The summed E-state index contributed by atoms with van der Waals surface area (Å²) in [6.07, 6.45) is 0.689. The molecule has 1 atom stereocenters. The molecule has 2 aromatic rings. The monoisotopic (exact) mass is 364 g/mol. The molecule has 5 heteroatoms. The molecule has 0 radical (unpaired) electrons. The van der Waals surface area contributed by atoms with E-state index < -0.39 is 12.1 Å². The SMILES string of the molecule is O=C1OC(C(=O)N2CCCN(Cc3ccccc3)CC2)Cc2ccccc21. The molecule has 5 nitrogen and oxygen atoms in total. The van der Waals surface area contributed by atoms with Crippen LogP contribution in [0.25, 0.3) is 0 Å². The maximum Gasteiger partial charge on any atom is 0.339 e. The van der Waals surface area contributed by atoms with Gasteiger partial charge >= 0.3 is 5.97 Å². The fourth-order valence-electron chi connectivity index (χ4n) is 3.86. The van der Waals surface area contributed by atoms with Crippen LogP contribution in [0.5, 0.6) is 0 Å². The first-order chi connectivity index (χ1) is 13.2. The maximum absolute atomic E-state index is 13.0. The Morgan fingerprint density at radius 1 is 0.963 bits per heavy atom. The third-order valence-electron chi connectivity index (χ3n) is 5.32. The van der Waals surface area contributed by atoms with Crippen molar-refractivity contribution in [3.05, 3.63) is 71.3 Å². The Balaban J connectivity index is 1.38. The number of fused-ring (bicyclic) bond motifs is 1. The first-order valence-corrected chi connectivity index (χ1v) is 9.54. The molecule has 4 rings (SSSR count). The van der Waals surface area contributed by atoms with Gasteiger partial charge in [-0.2, -0.15) is 0 Å². The minimum absolute atomic E-state index is 0.0700. The van der Waals surface area contributed by atoms with Crippen molar-refractivity contribution in [1.82, 2.24) is 9.80 Å². The van der Waals surface area contributed by atoms with Crippen LogP contribution in [0.1, 0.15) is 27.9 Å². The fourth-order valence-corrected chi connectivity index (χ4v) is 3.86. The van der Waals surface area contributed by atoms with Crippen LogP contribution >= 0.6 is 0 Å². The number of amides is 1. The Hall–Kier alpha value is -2.66. The van der Waals surface area contributed by atoms with Crippen molar-refractivity contribution in [3.63, 3.8) is 0 Å². The second-order valence-electron chi connectivity index (χ2n) is 7.20. The highest BCUT2D eigenvalue weighted by atomic mass is 16.5. The lowest BCUT2D eigenvalue weighted by Crippen LogP contribution is -2.45. The number of hydrogen-bond acceptors (Lipinski definition) is 4. The Bertz CT molecular complexity index is 821. The highest BCUT2D eigenvalue weighted by Crippen LogP contribution is 2.22. The molecule has 1 unspecified atom stereocenters. The Labute approximate surface area is 159 Å². The maximum atomic E-state index is 13.0. The van der Waals surface area contributed by atoms with Gasteiger partial charge in [-0.05, 0) is 23.6 Å². The average Bonchev–Trinajstić information content (AvgIpc) is 2.94. The highest BCUT2D eigenvalue weighted by molar-refractivity contribution is 5.95. The van der Waals surface area contributed by atoms with Crippen molar-refractivity contribution in [1.29, 1.82) is 0 Å². The molecule has 1 amide bonds. The van der Waals surface area contributed by atoms with Gasteiger partial charge < -0.3 is 9.64 Å². The number of carbonyl (C=O) groups is 2. The topological polar surface area (TPSA) is 49.9 Å². The molecule has 2 aliphatic rings. The zero-order valence-electron chi connectivity index (χ0n) is 15.3. The predicted octanol–water partition coefficient (Wildman–Crippen LogP) is 2.50. The van der Waals surface area contributed by atoms with Gasteiger partial charge in [-0.1, -0.05) is 48.5 Å². The van der Waals surface area contributed by atoms with Gasteiger partial charge in [-0.25, -0.2) is 4.79 Å². The molecule has 0 spiro atoms. The highest BCUT2D eigenvalue weighted by Gasteiger charge is 2.34. The molecular formula is C22H24N2O3. The second-order valence-corrected chi connectivity index (χ2v) is 7.20. The third kappa shape index (κ3) is 4.03. The molecule has 1 fully saturated rings. The lowest BCUT2D eigenvalue weighted by atomic mass is 9.98. The standard InChI is InChI=1S/C22H24N2O3/c25-21(20-15-18-9-4-5-10-19(18)22(26)27-20)24-12-6-11-23(13-14-24)16-17-7-2-1-3-8-17/h1-5,7-10,20H,6,11-16H2. The summed E-state index contributed by atoms with van der Waals surface area (Å²) in [5.41, 5.74) is 2.76. The molecule has 140 valence electrons. The van der Waals surface area contributed by atoms with E-state index in [0.29, 0.717) is 25.1 Å². The molecule has 2 aliphatic heterocycles. The van der Waals surface area contributed by atoms with Gasteiger partial charge in [0, 0.05) is 39.1 Å². The summed E-state index contributed by atoms with van der Waals surface area (Å²) in [7, 11) is 0. The molecule has 2 aromatic carbocycles. The second kappa shape index (κ2) is 7.92. The molecule has 27 heavy (non-hydrogen) atoms. The number of ether oxygens (including phenoxy) is 1. The summed E-state index contributed by atoms with van der Waals surface area (Å²) < 4.78 is 5.45. The van der Waals surface area contributed by atoms with E-state index in [1.807, 2.05) is 29.2 Å². The van der Waals surface area contributed by atoms with E-state index in [1.165, 1.54) is 5.56 Å². The van der Waals surface area contributed by atoms with Crippen molar-refractivity contribution in [2.45, 2.75) is 25.5 Å². The number of nitrogens with zero attached hydrogens (tertiary/aromatic N) is 2. The smallest absolute Gasteiger partial charge is 0.339 e. The van der Waals surface area contributed by atoms with Gasteiger partial charge in [0.05, 0.1) is 5.56 Å². The van der Waals surface area contributed by atoms with E-state index in [1.54, 1.807) is 6.07 Å². The number of benzene rings is 2. The quantitative estimate of drug-likeness (QED) is 0.786. The Kier molecular flexibility index (Phi) is 5.21. The van der Waals surface area contributed by atoms with E-state index in [9.17, 15) is 9.59 Å². The summed E-state index contributed by atoms with van der Waals surface area (Å²) >= 11 is 0. The first kappa shape index (κ1) is 17.7. The number of esters is 1. The van der Waals surface area contributed by atoms with E-state index in [4.69, 9.17) is 4.74 Å². The van der Waals surface area contributed by atoms with E-state index in [2.05, 4.69) is 29.2 Å². The van der Waals surface area contributed by atoms with Crippen LogP contribution in [0.2, 0.25) is 0 Å². The van der Waals surface area contributed by atoms with Crippen molar-refractivity contribution in [3.8, 4) is 0 Å². The Morgan fingerprint density at radius 3 is 2.59 bits per heavy atom. The molecule has 0 saturated carbocycles. The number of rotatable bonds is 3. The van der Waals surface area contributed by atoms with Crippen LogP contribution in [-0.2, 0) is 22.5 Å². The van der Waals surface area contributed by atoms with Gasteiger partial charge in [-0.3, -0.25) is 9.69 Å². The molecule has 0 N–H and O–H groups in total. The average molecular weight is 364 g/mol. The zero-order chi connectivity index (χ0) is 18.6. The van der Waals surface area contributed by atoms with Crippen LogP contribution < -0.4 is 0 Å². The number of hydrogen-bond donors (Lipinski definition) is 0. The fraction of sp³-hybridized carbons (Fsp3) is 0.364. The van der Waals surface area contributed by atoms with Gasteiger partial charge in [-0.15, -0.1) is 0 Å².